The molecule has 3 nitrogen and oxygen atoms in total. The minimum Gasteiger partial charge on any atom is -0.463 e. The molecule has 0 bridgehead atoms. The summed E-state index contributed by atoms with van der Waals surface area (Å²) in [5.41, 5.74) is 3.39. The third-order valence-corrected chi connectivity index (χ3v) is 4.23. The van der Waals surface area contributed by atoms with E-state index >= 15 is 0 Å². The summed E-state index contributed by atoms with van der Waals surface area (Å²) in [5.74, 6) is -0.242. The smallest absolute Gasteiger partial charge is 0.198 e. The van der Waals surface area contributed by atoms with E-state index in [1.807, 2.05) is 6.07 Å². The maximum Gasteiger partial charge on any atom is 0.198 e. The average Bonchev–Trinajstić information content (AvgIpc) is 2.95. The molecule has 1 heterocycles. The number of rotatable bonds is 2. The number of furan rings is 1. The Morgan fingerprint density at radius 3 is 2.36 bits per heavy atom. The first-order valence-electron chi connectivity index (χ1n) is 7.44. The number of benzene rings is 2. The van der Waals surface area contributed by atoms with Crippen LogP contribution in [-0.2, 0) is 6.42 Å². The second-order valence-corrected chi connectivity index (χ2v) is 5.58. The molecule has 2 aromatic carbocycles. The van der Waals surface area contributed by atoms with Crippen molar-refractivity contribution in [2.45, 2.75) is 19.8 Å². The number of hydrogen-bond acceptors (Lipinski definition) is 3. The second-order valence-electron chi connectivity index (χ2n) is 5.58. The van der Waals surface area contributed by atoms with E-state index in [0.29, 0.717) is 27.8 Å². The fourth-order valence-corrected chi connectivity index (χ4v) is 3.19. The van der Waals surface area contributed by atoms with Gasteiger partial charge in [-0.05, 0) is 18.1 Å². The number of fused-ring (bicyclic) bond motifs is 4. The Morgan fingerprint density at radius 1 is 0.909 bits per heavy atom. The van der Waals surface area contributed by atoms with Crippen LogP contribution in [0.15, 0.2) is 47.1 Å². The van der Waals surface area contributed by atoms with Crippen molar-refractivity contribution >= 4 is 22.5 Å². The largest absolute Gasteiger partial charge is 0.463 e. The maximum absolute atomic E-state index is 12.8. The molecule has 1 aliphatic carbocycles. The van der Waals surface area contributed by atoms with Crippen LogP contribution in [0.3, 0.4) is 0 Å². The Kier molecular flexibility index (Phi) is 2.76. The van der Waals surface area contributed by atoms with Gasteiger partial charge in [-0.2, -0.15) is 0 Å². The van der Waals surface area contributed by atoms with Crippen LogP contribution in [0.2, 0.25) is 0 Å². The fourth-order valence-electron chi connectivity index (χ4n) is 3.19. The van der Waals surface area contributed by atoms with Gasteiger partial charge in [0.25, 0.3) is 0 Å². The lowest BCUT2D eigenvalue weighted by Gasteiger charge is -2.17. The van der Waals surface area contributed by atoms with E-state index in [9.17, 15) is 9.59 Å². The summed E-state index contributed by atoms with van der Waals surface area (Å²) in [6.07, 6.45) is 3.60. The molecule has 3 heteroatoms. The Bertz CT molecular complexity index is 931. The van der Waals surface area contributed by atoms with E-state index in [2.05, 4.69) is 6.92 Å². The van der Waals surface area contributed by atoms with Crippen LogP contribution in [0.1, 0.15) is 50.8 Å². The molecule has 0 atom stereocenters. The van der Waals surface area contributed by atoms with Gasteiger partial charge in [0.1, 0.15) is 5.58 Å². The van der Waals surface area contributed by atoms with Gasteiger partial charge >= 0.3 is 0 Å². The molecule has 4 rings (SSSR count). The number of carbonyl (C=O) groups is 2. The van der Waals surface area contributed by atoms with Crippen molar-refractivity contribution in [2.75, 3.05) is 0 Å². The van der Waals surface area contributed by atoms with Crippen LogP contribution >= 0.6 is 0 Å². The molecule has 0 fully saturated rings. The lowest BCUT2D eigenvalue weighted by Crippen LogP contribution is -2.20. The topological polar surface area (TPSA) is 47.3 Å². The molecule has 0 saturated carbocycles. The van der Waals surface area contributed by atoms with Crippen LogP contribution in [-0.4, -0.2) is 11.6 Å². The second kappa shape index (κ2) is 4.67. The fraction of sp³-hybridized carbons (Fsp3) is 0.158. The Balaban J connectivity index is 2.02. The highest BCUT2D eigenvalue weighted by atomic mass is 16.3. The zero-order valence-electron chi connectivity index (χ0n) is 12.2. The number of carbonyl (C=O) groups excluding carboxylic acids is 2. The van der Waals surface area contributed by atoms with Gasteiger partial charge in [-0.1, -0.05) is 43.7 Å². The minimum atomic E-state index is -0.131. The molecule has 0 aliphatic heterocycles. The SMILES string of the molecule is CCCc1coc2c3c(ccc12)C(=O)c1ccccc1C3=O. The summed E-state index contributed by atoms with van der Waals surface area (Å²) in [6.45, 7) is 2.10. The van der Waals surface area contributed by atoms with Gasteiger partial charge in [0.15, 0.2) is 11.6 Å². The molecule has 0 saturated heterocycles. The van der Waals surface area contributed by atoms with Gasteiger partial charge in [0.05, 0.1) is 11.8 Å². The first-order valence-corrected chi connectivity index (χ1v) is 7.44. The lowest BCUT2D eigenvalue weighted by atomic mass is 9.83. The molecule has 0 amide bonds. The Hall–Kier alpha value is -2.68. The van der Waals surface area contributed by atoms with E-state index in [0.717, 1.165) is 23.8 Å². The van der Waals surface area contributed by atoms with E-state index in [1.54, 1.807) is 36.6 Å². The predicted molar refractivity (Wildman–Crippen MR) is 83.5 cm³/mol. The summed E-state index contributed by atoms with van der Waals surface area (Å²) in [6, 6.07) is 10.6. The van der Waals surface area contributed by atoms with Crippen LogP contribution in [0.4, 0.5) is 0 Å². The quantitative estimate of drug-likeness (QED) is 0.557. The highest BCUT2D eigenvalue weighted by Crippen LogP contribution is 2.34. The van der Waals surface area contributed by atoms with Gasteiger partial charge in [-0.25, -0.2) is 0 Å². The van der Waals surface area contributed by atoms with Gasteiger partial charge in [-0.15, -0.1) is 0 Å². The molecule has 0 spiro atoms. The summed E-state index contributed by atoms with van der Waals surface area (Å²) in [5, 5.41) is 0.932. The first-order chi connectivity index (χ1) is 10.7. The van der Waals surface area contributed by atoms with Gasteiger partial charge < -0.3 is 4.42 Å². The molecule has 1 aliphatic rings. The molecule has 0 N–H and O–H groups in total. The number of ketones is 2. The van der Waals surface area contributed by atoms with Crippen molar-refractivity contribution in [2.24, 2.45) is 0 Å². The maximum atomic E-state index is 12.8. The Labute approximate surface area is 127 Å². The molecule has 1 aromatic heterocycles. The summed E-state index contributed by atoms with van der Waals surface area (Å²) in [7, 11) is 0. The monoisotopic (exact) mass is 290 g/mol. The van der Waals surface area contributed by atoms with Crippen molar-refractivity contribution < 1.29 is 14.0 Å². The van der Waals surface area contributed by atoms with E-state index in [4.69, 9.17) is 4.42 Å². The highest BCUT2D eigenvalue weighted by Gasteiger charge is 2.32. The van der Waals surface area contributed by atoms with Crippen LogP contribution in [0.25, 0.3) is 11.0 Å². The van der Waals surface area contributed by atoms with Crippen molar-refractivity contribution in [3.05, 3.63) is 70.5 Å². The minimum absolute atomic E-state index is 0.111. The molecule has 0 radical (unpaired) electrons. The number of hydrogen-bond donors (Lipinski definition) is 0. The molecule has 108 valence electrons. The third kappa shape index (κ3) is 1.62. The van der Waals surface area contributed by atoms with Crippen LogP contribution in [0, 0.1) is 0 Å². The van der Waals surface area contributed by atoms with Gasteiger partial charge in [-0.3, -0.25) is 9.59 Å². The van der Waals surface area contributed by atoms with Crippen molar-refractivity contribution in [1.82, 2.24) is 0 Å². The standard InChI is InChI=1S/C19H14O3/c1-2-5-11-10-22-19-12(11)8-9-15-16(19)18(21)14-7-4-3-6-13(14)17(15)20/h3-4,6-10H,2,5H2,1H3. The summed E-state index contributed by atoms with van der Waals surface area (Å²) >= 11 is 0. The summed E-state index contributed by atoms with van der Waals surface area (Å²) in [4.78, 5) is 25.5. The van der Waals surface area contributed by atoms with E-state index in [1.165, 1.54) is 0 Å². The number of aryl methyl sites for hydroxylation is 1. The van der Waals surface area contributed by atoms with Gasteiger partial charge in [0, 0.05) is 22.1 Å². The summed E-state index contributed by atoms with van der Waals surface area (Å²) < 4.78 is 5.66. The van der Waals surface area contributed by atoms with E-state index < -0.39 is 0 Å². The van der Waals surface area contributed by atoms with Crippen LogP contribution < -0.4 is 0 Å². The molecule has 0 unspecified atom stereocenters. The molecular weight excluding hydrogens is 276 g/mol. The predicted octanol–water partition coefficient (Wildman–Crippen LogP) is 4.16. The average molecular weight is 290 g/mol. The Morgan fingerprint density at radius 2 is 1.64 bits per heavy atom. The normalized spacial score (nSPS) is 13.3. The highest BCUT2D eigenvalue weighted by molar-refractivity contribution is 6.31. The van der Waals surface area contributed by atoms with Crippen molar-refractivity contribution in [1.29, 1.82) is 0 Å². The van der Waals surface area contributed by atoms with E-state index in [-0.39, 0.29) is 11.6 Å². The molecule has 22 heavy (non-hydrogen) atoms. The van der Waals surface area contributed by atoms with Crippen LogP contribution in [0.5, 0.6) is 0 Å². The molecule has 3 aromatic rings. The zero-order chi connectivity index (χ0) is 15.3. The van der Waals surface area contributed by atoms with Crippen molar-refractivity contribution in [3.8, 4) is 0 Å². The first kappa shape index (κ1) is 13.0. The lowest BCUT2D eigenvalue weighted by molar-refractivity contribution is 0.0979. The van der Waals surface area contributed by atoms with Crippen molar-refractivity contribution in [3.63, 3.8) is 0 Å². The molecular formula is C19H14O3. The third-order valence-electron chi connectivity index (χ3n) is 4.23. The van der Waals surface area contributed by atoms with Gasteiger partial charge in [0.2, 0.25) is 0 Å². The zero-order valence-corrected chi connectivity index (χ0v) is 12.2.